The first-order valence-electron chi connectivity index (χ1n) is 9.67. The van der Waals surface area contributed by atoms with Crippen molar-refractivity contribution in [2.75, 3.05) is 10.7 Å². The molecule has 33 heavy (non-hydrogen) atoms. The van der Waals surface area contributed by atoms with E-state index in [0.717, 1.165) is 11.1 Å². The maximum atomic E-state index is 14.5. The number of hydrogen-bond donors (Lipinski definition) is 2. The van der Waals surface area contributed by atoms with Gasteiger partial charge in [0.15, 0.2) is 5.82 Å². The highest BCUT2D eigenvalue weighted by Gasteiger charge is 2.16. The largest absolute Gasteiger partial charge is 0.324 e. The van der Waals surface area contributed by atoms with Crippen molar-refractivity contribution in [3.63, 3.8) is 0 Å². The van der Waals surface area contributed by atoms with Crippen LogP contribution in [0.5, 0.6) is 0 Å². The molecule has 0 saturated carbocycles. The number of aryl methyl sites for hydroxylation is 1. The molecular formula is C23H16Cl3FN6. The van der Waals surface area contributed by atoms with Crippen molar-refractivity contribution in [3.8, 4) is 11.4 Å². The molecule has 1 aromatic heterocycles. The van der Waals surface area contributed by atoms with Gasteiger partial charge in [0.25, 0.3) is 0 Å². The van der Waals surface area contributed by atoms with Gasteiger partial charge in [-0.3, -0.25) is 0 Å². The van der Waals surface area contributed by atoms with Crippen molar-refractivity contribution in [1.29, 1.82) is 0 Å². The third kappa shape index (κ3) is 5.76. The maximum Gasteiger partial charge on any atom is 0.248 e. The van der Waals surface area contributed by atoms with Crippen LogP contribution in [0.4, 0.5) is 22.0 Å². The van der Waals surface area contributed by atoms with Crippen molar-refractivity contribution in [3.05, 3.63) is 92.7 Å². The molecule has 0 unspecified atom stereocenters. The fourth-order valence-electron chi connectivity index (χ4n) is 2.83. The molecule has 0 aliphatic carbocycles. The van der Waals surface area contributed by atoms with Crippen LogP contribution in [0.2, 0.25) is 15.1 Å². The molecule has 0 aliphatic rings. The second-order valence-corrected chi connectivity index (χ2v) is 8.16. The lowest BCUT2D eigenvalue weighted by Crippen LogP contribution is -2.06. The van der Waals surface area contributed by atoms with E-state index in [1.165, 1.54) is 12.1 Å². The first-order valence-corrected chi connectivity index (χ1v) is 10.8. The highest BCUT2D eigenvalue weighted by atomic mass is 35.5. The molecule has 4 aromatic rings. The zero-order valence-electron chi connectivity index (χ0n) is 17.2. The summed E-state index contributed by atoms with van der Waals surface area (Å²) in [7, 11) is 0. The molecule has 0 fully saturated rings. The van der Waals surface area contributed by atoms with Gasteiger partial charge in [-0.05, 0) is 42.8 Å². The Kier molecular flexibility index (Phi) is 7.03. The number of halogens is 4. The van der Waals surface area contributed by atoms with Crippen molar-refractivity contribution in [2.24, 2.45) is 5.10 Å². The number of anilines is 3. The Labute approximate surface area is 204 Å². The topological polar surface area (TPSA) is 75.1 Å². The number of rotatable bonds is 6. The highest BCUT2D eigenvalue weighted by molar-refractivity contribution is 6.42. The summed E-state index contributed by atoms with van der Waals surface area (Å²) in [6, 6.07) is 17.1. The normalized spacial score (nSPS) is 11.1. The van der Waals surface area contributed by atoms with Gasteiger partial charge in [-0.15, -0.1) is 0 Å². The lowest BCUT2D eigenvalue weighted by molar-refractivity contribution is 0.630. The van der Waals surface area contributed by atoms with Gasteiger partial charge >= 0.3 is 0 Å². The summed E-state index contributed by atoms with van der Waals surface area (Å²) in [5.74, 6) is -0.317. The second-order valence-electron chi connectivity index (χ2n) is 6.94. The Hall–Kier alpha value is -3.26. The third-order valence-corrected chi connectivity index (χ3v) is 5.51. The monoisotopic (exact) mass is 500 g/mol. The molecule has 3 aromatic carbocycles. The molecular weight excluding hydrogens is 486 g/mol. The van der Waals surface area contributed by atoms with E-state index in [2.05, 4.69) is 30.8 Å². The maximum absolute atomic E-state index is 14.5. The minimum absolute atomic E-state index is 0.0312. The molecule has 0 radical (unpaired) electrons. The highest BCUT2D eigenvalue weighted by Crippen LogP contribution is 2.30. The van der Waals surface area contributed by atoms with Crippen LogP contribution in [-0.2, 0) is 0 Å². The summed E-state index contributed by atoms with van der Waals surface area (Å²) in [6.45, 7) is 2.00. The van der Waals surface area contributed by atoms with Gasteiger partial charge in [0, 0.05) is 5.69 Å². The quantitative estimate of drug-likeness (QED) is 0.217. The van der Waals surface area contributed by atoms with Crippen molar-refractivity contribution >= 4 is 58.6 Å². The minimum Gasteiger partial charge on any atom is -0.324 e. The smallest absolute Gasteiger partial charge is 0.248 e. The molecule has 0 spiro atoms. The van der Waals surface area contributed by atoms with Crippen LogP contribution >= 0.6 is 34.8 Å². The number of benzene rings is 3. The molecule has 0 bridgehead atoms. The average Bonchev–Trinajstić information content (AvgIpc) is 2.78. The van der Waals surface area contributed by atoms with Gasteiger partial charge in [-0.25, -0.2) is 9.82 Å². The summed E-state index contributed by atoms with van der Waals surface area (Å²) in [5.41, 5.74) is 5.41. The van der Waals surface area contributed by atoms with Gasteiger partial charge in [0.2, 0.25) is 11.9 Å². The van der Waals surface area contributed by atoms with E-state index in [9.17, 15) is 4.39 Å². The van der Waals surface area contributed by atoms with Crippen LogP contribution in [0, 0.1) is 12.7 Å². The molecule has 10 heteroatoms. The summed E-state index contributed by atoms with van der Waals surface area (Å²) < 4.78 is 14.5. The number of hydrazone groups is 1. The minimum atomic E-state index is -0.566. The Morgan fingerprint density at radius 3 is 2.33 bits per heavy atom. The predicted molar refractivity (Wildman–Crippen MR) is 132 cm³/mol. The Bertz CT molecular complexity index is 1310. The Morgan fingerprint density at radius 2 is 1.61 bits per heavy atom. The molecule has 0 aliphatic heterocycles. The first kappa shape index (κ1) is 22.9. The number of nitrogens with zero attached hydrogens (tertiary/aromatic N) is 4. The second kappa shape index (κ2) is 10.1. The van der Waals surface area contributed by atoms with E-state index in [0.29, 0.717) is 15.7 Å². The molecule has 1 heterocycles. The summed E-state index contributed by atoms with van der Waals surface area (Å²) in [4.78, 5) is 12.9. The molecule has 0 atom stereocenters. The average molecular weight is 502 g/mol. The van der Waals surface area contributed by atoms with Crippen molar-refractivity contribution in [1.82, 2.24) is 15.0 Å². The lowest BCUT2D eigenvalue weighted by Gasteiger charge is -2.10. The van der Waals surface area contributed by atoms with E-state index in [-0.39, 0.29) is 28.3 Å². The van der Waals surface area contributed by atoms with E-state index >= 15 is 0 Å². The fraction of sp³-hybridized carbons (Fsp3) is 0.0435. The van der Waals surface area contributed by atoms with Gasteiger partial charge in [-0.2, -0.15) is 20.1 Å². The fourth-order valence-corrected chi connectivity index (χ4v) is 3.37. The van der Waals surface area contributed by atoms with E-state index in [1.54, 1.807) is 30.5 Å². The zero-order chi connectivity index (χ0) is 23.4. The zero-order valence-corrected chi connectivity index (χ0v) is 19.4. The van der Waals surface area contributed by atoms with E-state index < -0.39 is 5.82 Å². The molecule has 166 valence electrons. The van der Waals surface area contributed by atoms with Crippen LogP contribution in [-0.4, -0.2) is 21.2 Å². The number of hydrogen-bond acceptors (Lipinski definition) is 6. The standard InChI is InChI=1S/C23H16Cl3FN6/c1-13-5-7-14(8-6-13)12-28-33-23-31-21(20-17(25)3-2-4-19(20)27)30-22(32-23)29-15-9-10-16(24)18(26)11-15/h2-12H,1H3,(H2,29,30,31,32,33)/b28-12+. The van der Waals surface area contributed by atoms with Crippen LogP contribution in [0.25, 0.3) is 11.4 Å². The molecule has 4 rings (SSSR count). The van der Waals surface area contributed by atoms with Gasteiger partial charge in [0.05, 0.1) is 26.8 Å². The third-order valence-electron chi connectivity index (χ3n) is 4.45. The Morgan fingerprint density at radius 1 is 0.848 bits per heavy atom. The molecule has 2 N–H and O–H groups in total. The van der Waals surface area contributed by atoms with Crippen molar-refractivity contribution < 1.29 is 4.39 Å². The van der Waals surface area contributed by atoms with Gasteiger partial charge in [-0.1, -0.05) is 70.7 Å². The van der Waals surface area contributed by atoms with Gasteiger partial charge < -0.3 is 5.32 Å². The molecule has 6 nitrogen and oxygen atoms in total. The van der Waals surface area contributed by atoms with Crippen LogP contribution in [0.1, 0.15) is 11.1 Å². The van der Waals surface area contributed by atoms with Crippen molar-refractivity contribution in [2.45, 2.75) is 6.92 Å². The van der Waals surface area contributed by atoms with Gasteiger partial charge in [0.1, 0.15) is 5.82 Å². The van der Waals surface area contributed by atoms with E-state index in [4.69, 9.17) is 34.8 Å². The predicted octanol–water partition coefficient (Wildman–Crippen LogP) is 7.14. The number of nitrogens with one attached hydrogen (secondary N) is 2. The molecule has 0 saturated heterocycles. The van der Waals surface area contributed by atoms with Crippen LogP contribution in [0.15, 0.2) is 65.8 Å². The lowest BCUT2D eigenvalue weighted by atomic mass is 10.2. The summed E-state index contributed by atoms with van der Waals surface area (Å²) in [6.07, 6.45) is 1.62. The summed E-state index contributed by atoms with van der Waals surface area (Å²) in [5, 5.41) is 8.11. The SMILES string of the molecule is Cc1ccc(/C=N/Nc2nc(Nc3ccc(Cl)c(Cl)c3)nc(-c3c(F)cccc3Cl)n2)cc1. The summed E-state index contributed by atoms with van der Waals surface area (Å²) >= 11 is 18.3. The molecule has 0 amide bonds. The van der Waals surface area contributed by atoms with E-state index in [1.807, 2.05) is 31.2 Å². The number of aromatic nitrogens is 3. The van der Waals surface area contributed by atoms with Crippen LogP contribution < -0.4 is 10.7 Å². The van der Waals surface area contributed by atoms with Crippen LogP contribution in [0.3, 0.4) is 0 Å². The first-order chi connectivity index (χ1) is 15.9. The Balaban J connectivity index is 1.69.